The highest BCUT2D eigenvalue weighted by molar-refractivity contribution is 6.31. The molecule has 1 fully saturated rings. The minimum atomic E-state index is -0.465. The Labute approximate surface area is 189 Å². The number of hydrogen-bond donors (Lipinski definition) is 3. The van der Waals surface area contributed by atoms with Crippen molar-refractivity contribution < 1.29 is 14.4 Å². The summed E-state index contributed by atoms with van der Waals surface area (Å²) in [5.74, 6) is -1.04. The molecule has 3 aromatic rings. The monoisotopic (exact) mass is 451 g/mol. The molecule has 9 heteroatoms. The van der Waals surface area contributed by atoms with E-state index in [2.05, 4.69) is 21.0 Å². The summed E-state index contributed by atoms with van der Waals surface area (Å²) in [7, 11) is 1.79. The summed E-state index contributed by atoms with van der Waals surface area (Å²) in [4.78, 5) is 36.4. The van der Waals surface area contributed by atoms with Crippen LogP contribution in [0.4, 0.5) is 10.5 Å². The molecular weight excluding hydrogens is 430 g/mol. The summed E-state index contributed by atoms with van der Waals surface area (Å²) >= 11 is 6.27. The predicted octanol–water partition coefficient (Wildman–Crippen LogP) is 3.56. The summed E-state index contributed by atoms with van der Waals surface area (Å²) < 4.78 is 1.69. The number of carbonyl (C=O) groups is 3. The van der Waals surface area contributed by atoms with E-state index in [-0.39, 0.29) is 23.9 Å². The van der Waals surface area contributed by atoms with Gasteiger partial charge in [0.25, 0.3) is 0 Å². The highest BCUT2D eigenvalue weighted by Crippen LogP contribution is 2.35. The number of rotatable bonds is 3. The Bertz CT molecular complexity index is 1270. The van der Waals surface area contributed by atoms with Crippen LogP contribution in [0.3, 0.4) is 0 Å². The van der Waals surface area contributed by atoms with Gasteiger partial charge in [-0.05, 0) is 54.7 Å². The van der Waals surface area contributed by atoms with E-state index in [1.165, 1.54) is 0 Å². The number of imide groups is 1. The van der Waals surface area contributed by atoms with Crippen LogP contribution in [0.5, 0.6) is 0 Å². The lowest BCUT2D eigenvalue weighted by Crippen LogP contribution is -2.39. The van der Waals surface area contributed by atoms with E-state index in [9.17, 15) is 14.4 Å². The molecule has 2 aromatic carbocycles. The molecule has 2 atom stereocenters. The molecule has 1 aliphatic carbocycles. The van der Waals surface area contributed by atoms with Crippen LogP contribution in [0.15, 0.2) is 36.4 Å². The maximum Gasteiger partial charge on any atom is 0.319 e. The van der Waals surface area contributed by atoms with Crippen molar-refractivity contribution in [2.24, 2.45) is 7.05 Å². The Hall–Kier alpha value is -3.39. The van der Waals surface area contributed by atoms with Gasteiger partial charge in [0.1, 0.15) is 0 Å². The van der Waals surface area contributed by atoms with Crippen molar-refractivity contribution in [1.29, 1.82) is 0 Å². The molecule has 2 heterocycles. The van der Waals surface area contributed by atoms with Crippen molar-refractivity contribution >= 4 is 46.0 Å². The van der Waals surface area contributed by atoms with E-state index in [1.54, 1.807) is 17.8 Å². The molecule has 1 aromatic heterocycles. The number of fused-ring (bicyclic) bond motifs is 2. The largest absolute Gasteiger partial charge is 0.331 e. The number of halogens is 1. The summed E-state index contributed by atoms with van der Waals surface area (Å²) in [6, 6.07) is 10.9. The molecule has 2 aliphatic rings. The minimum Gasteiger partial charge on any atom is -0.331 e. The second-order valence-electron chi connectivity index (χ2n) is 8.24. The van der Waals surface area contributed by atoms with Crippen molar-refractivity contribution in [1.82, 2.24) is 20.4 Å². The van der Waals surface area contributed by atoms with Gasteiger partial charge in [-0.25, -0.2) is 4.79 Å². The number of nitrogens with zero attached hydrogens (tertiary/aromatic N) is 2. The summed E-state index contributed by atoms with van der Waals surface area (Å²) in [6.45, 7) is 0. The molecule has 2 unspecified atom stereocenters. The Morgan fingerprint density at radius 3 is 2.84 bits per heavy atom. The third-order valence-corrected chi connectivity index (χ3v) is 6.58. The van der Waals surface area contributed by atoms with E-state index in [1.807, 2.05) is 30.3 Å². The first-order chi connectivity index (χ1) is 15.4. The van der Waals surface area contributed by atoms with Crippen molar-refractivity contribution in [3.05, 3.63) is 58.2 Å². The zero-order valence-electron chi connectivity index (χ0n) is 17.4. The van der Waals surface area contributed by atoms with E-state index < -0.39 is 5.92 Å². The van der Waals surface area contributed by atoms with Gasteiger partial charge in [-0.2, -0.15) is 5.10 Å². The van der Waals surface area contributed by atoms with Crippen molar-refractivity contribution in [2.75, 3.05) is 5.32 Å². The van der Waals surface area contributed by atoms with Crippen molar-refractivity contribution in [3.63, 3.8) is 0 Å². The number of carbonyl (C=O) groups excluding carboxylic acids is 3. The number of amides is 4. The van der Waals surface area contributed by atoms with Crippen LogP contribution in [0.25, 0.3) is 10.9 Å². The van der Waals surface area contributed by atoms with E-state index in [0.717, 1.165) is 39.9 Å². The highest BCUT2D eigenvalue weighted by Gasteiger charge is 2.31. The average molecular weight is 452 g/mol. The van der Waals surface area contributed by atoms with Crippen LogP contribution in [0.1, 0.15) is 48.0 Å². The van der Waals surface area contributed by atoms with Crippen molar-refractivity contribution in [3.8, 4) is 0 Å². The lowest BCUT2D eigenvalue weighted by Gasteiger charge is -2.19. The molecule has 3 N–H and O–H groups in total. The second kappa shape index (κ2) is 7.94. The maximum absolute atomic E-state index is 12.6. The summed E-state index contributed by atoms with van der Waals surface area (Å²) in [5, 5.41) is 14.4. The van der Waals surface area contributed by atoms with Crippen LogP contribution >= 0.6 is 11.6 Å². The standard InChI is InChI=1S/C23H22ClN5O3/c1-29-19-11-12(5-6-15(19)21(28-29)16-8-10-20(30)27-22(16)31)25-23(32)26-18-9-7-13-14(18)3-2-4-17(13)24/h2-6,11,16,18H,7-10H2,1H3,(H2,25,26,32)(H,27,30,31). The van der Waals surface area contributed by atoms with Gasteiger partial charge >= 0.3 is 6.03 Å². The molecule has 32 heavy (non-hydrogen) atoms. The number of nitrogens with one attached hydrogen (secondary N) is 3. The first-order valence-corrected chi connectivity index (χ1v) is 10.9. The normalized spacial score (nSPS) is 20.2. The molecule has 1 aliphatic heterocycles. The maximum atomic E-state index is 12.6. The molecule has 8 nitrogen and oxygen atoms in total. The number of urea groups is 1. The summed E-state index contributed by atoms with van der Waals surface area (Å²) in [5.41, 5.74) is 4.21. The number of aryl methyl sites for hydroxylation is 1. The summed E-state index contributed by atoms with van der Waals surface area (Å²) in [6.07, 6.45) is 2.38. The van der Waals surface area contributed by atoms with Gasteiger partial charge in [-0.1, -0.05) is 23.7 Å². The number of hydrogen-bond acceptors (Lipinski definition) is 4. The number of aromatic nitrogens is 2. The molecule has 0 radical (unpaired) electrons. The Morgan fingerprint density at radius 1 is 1.19 bits per heavy atom. The van der Waals surface area contributed by atoms with Gasteiger partial charge in [-0.15, -0.1) is 0 Å². The van der Waals surface area contributed by atoms with Gasteiger partial charge in [0.2, 0.25) is 11.8 Å². The van der Waals surface area contributed by atoms with E-state index >= 15 is 0 Å². The molecule has 5 rings (SSSR count). The molecule has 4 amide bonds. The average Bonchev–Trinajstić information content (AvgIpc) is 3.30. The first kappa shape index (κ1) is 20.5. The fourth-order valence-corrected chi connectivity index (χ4v) is 4.94. The van der Waals surface area contributed by atoms with Crippen LogP contribution < -0.4 is 16.0 Å². The lowest BCUT2D eigenvalue weighted by molar-refractivity contribution is -0.134. The predicted molar refractivity (Wildman–Crippen MR) is 121 cm³/mol. The Morgan fingerprint density at radius 2 is 2.03 bits per heavy atom. The quantitative estimate of drug-likeness (QED) is 0.529. The number of piperidine rings is 1. The van der Waals surface area contributed by atoms with Crippen LogP contribution in [0, 0.1) is 0 Å². The number of anilines is 1. The van der Waals surface area contributed by atoms with Crippen LogP contribution in [0.2, 0.25) is 5.02 Å². The van der Waals surface area contributed by atoms with Crippen LogP contribution in [-0.4, -0.2) is 27.6 Å². The number of benzene rings is 2. The van der Waals surface area contributed by atoms with Gasteiger partial charge in [0, 0.05) is 29.6 Å². The molecule has 164 valence electrons. The van der Waals surface area contributed by atoms with Crippen molar-refractivity contribution in [2.45, 2.75) is 37.6 Å². The van der Waals surface area contributed by atoms with Crippen LogP contribution in [-0.2, 0) is 23.1 Å². The molecular formula is C23H22ClN5O3. The lowest BCUT2D eigenvalue weighted by atomic mass is 9.93. The van der Waals surface area contributed by atoms with Gasteiger partial charge in [0.15, 0.2) is 0 Å². The Kier molecular flexibility index (Phi) is 5.09. The minimum absolute atomic E-state index is 0.0803. The third kappa shape index (κ3) is 3.60. The molecule has 1 saturated heterocycles. The van der Waals surface area contributed by atoms with Gasteiger partial charge < -0.3 is 10.6 Å². The SMILES string of the molecule is Cn1nc(C2CCC(=O)NC2=O)c2ccc(NC(=O)NC3CCc4c(Cl)cccc43)cc21. The van der Waals surface area contributed by atoms with Gasteiger partial charge in [0.05, 0.1) is 23.2 Å². The van der Waals surface area contributed by atoms with E-state index in [4.69, 9.17) is 11.6 Å². The third-order valence-electron chi connectivity index (χ3n) is 6.23. The fraction of sp³-hybridized carbons (Fsp3) is 0.304. The first-order valence-electron chi connectivity index (χ1n) is 10.6. The zero-order chi connectivity index (χ0) is 22.4. The molecule has 0 spiro atoms. The van der Waals surface area contributed by atoms with Gasteiger partial charge in [-0.3, -0.25) is 19.6 Å². The Balaban J connectivity index is 1.33. The zero-order valence-corrected chi connectivity index (χ0v) is 18.2. The second-order valence-corrected chi connectivity index (χ2v) is 8.65. The van der Waals surface area contributed by atoms with E-state index in [0.29, 0.717) is 24.2 Å². The smallest absolute Gasteiger partial charge is 0.319 e. The molecule has 0 bridgehead atoms. The molecule has 0 saturated carbocycles. The fourth-order valence-electron chi connectivity index (χ4n) is 4.66. The topological polar surface area (TPSA) is 105 Å². The highest BCUT2D eigenvalue weighted by atomic mass is 35.5.